The van der Waals surface area contributed by atoms with Crippen LogP contribution >= 0.6 is 0 Å². The molecule has 0 fully saturated rings. The molecule has 0 radical (unpaired) electrons. The number of hydrogen-bond acceptors (Lipinski definition) is 3. The van der Waals surface area contributed by atoms with E-state index < -0.39 is 11.9 Å². The van der Waals surface area contributed by atoms with Gasteiger partial charge in [0, 0.05) is 14.0 Å². The van der Waals surface area contributed by atoms with Crippen molar-refractivity contribution in [1.82, 2.24) is 0 Å². The molecule has 0 rings (SSSR count). The van der Waals surface area contributed by atoms with Gasteiger partial charge in [0.2, 0.25) is 0 Å². The maximum atomic E-state index is 9.53. The van der Waals surface area contributed by atoms with Crippen LogP contribution in [-0.2, 0) is 9.59 Å². The Morgan fingerprint density at radius 3 is 1.58 bits per heavy atom. The van der Waals surface area contributed by atoms with Gasteiger partial charge in [0.1, 0.15) is 0 Å². The van der Waals surface area contributed by atoms with E-state index in [2.05, 4.69) is 6.58 Å². The Morgan fingerprint density at radius 2 is 1.58 bits per heavy atom. The third-order valence-corrected chi connectivity index (χ3v) is 0.319. The third-order valence-electron chi connectivity index (χ3n) is 0.319. The van der Waals surface area contributed by atoms with Crippen molar-refractivity contribution >= 4 is 11.9 Å². The number of carboxylic acids is 2. The molecule has 0 aliphatic rings. The zero-order valence-corrected chi connectivity index (χ0v) is 7.15. The maximum Gasteiger partial charge on any atom is 0.307 e. The van der Waals surface area contributed by atoms with Crippen molar-refractivity contribution in [3.63, 3.8) is 0 Å². The summed E-state index contributed by atoms with van der Waals surface area (Å²) in [6, 6.07) is 0. The van der Waals surface area contributed by atoms with E-state index in [-0.39, 0.29) is 6.42 Å². The van der Waals surface area contributed by atoms with E-state index in [1.54, 1.807) is 0 Å². The lowest BCUT2D eigenvalue weighted by Crippen LogP contribution is -1.88. The molecule has 0 spiro atoms. The van der Waals surface area contributed by atoms with E-state index >= 15 is 0 Å². The van der Waals surface area contributed by atoms with Gasteiger partial charge in [-0.05, 0) is 0 Å². The summed E-state index contributed by atoms with van der Waals surface area (Å²) in [5, 5.41) is 22.3. The first kappa shape index (κ1) is 16.9. The first-order valence-electron chi connectivity index (χ1n) is 2.97. The van der Waals surface area contributed by atoms with Crippen LogP contribution in [0.5, 0.6) is 0 Å². The minimum atomic E-state index is -0.833. The number of aliphatic carboxylic acids is 2. The molecule has 72 valence electrons. The molecule has 0 aromatic carbocycles. The molecule has 0 atom stereocenters. The molecule has 5 nitrogen and oxygen atoms in total. The fourth-order valence-corrected chi connectivity index (χ4v) is 0.123. The minimum absolute atomic E-state index is 0.0556. The van der Waals surface area contributed by atoms with Gasteiger partial charge in [-0.15, -0.1) is 6.58 Å². The first-order valence-corrected chi connectivity index (χ1v) is 2.97. The van der Waals surface area contributed by atoms with E-state index in [1.165, 1.54) is 6.08 Å². The molecular weight excluding hydrogens is 164 g/mol. The van der Waals surface area contributed by atoms with Crippen LogP contribution < -0.4 is 0 Å². The predicted molar refractivity (Wildman–Crippen MR) is 43.9 cm³/mol. The summed E-state index contributed by atoms with van der Waals surface area (Å²) in [5.74, 6) is -1.66. The zero-order chi connectivity index (χ0) is 10.6. The molecule has 0 bridgehead atoms. The molecule has 0 saturated carbocycles. The highest BCUT2D eigenvalue weighted by Gasteiger charge is 1.84. The molecule has 0 aliphatic heterocycles. The summed E-state index contributed by atoms with van der Waals surface area (Å²) in [5.41, 5.74) is 0. The normalized spacial score (nSPS) is 6.25. The predicted octanol–water partition coefficient (Wildman–Crippen LogP) is 0.346. The van der Waals surface area contributed by atoms with Crippen molar-refractivity contribution in [2.45, 2.75) is 13.3 Å². The fourth-order valence-electron chi connectivity index (χ4n) is 0.123. The molecule has 0 aromatic heterocycles. The first-order chi connectivity index (χ1) is 5.50. The molecular formula is C7H14O5. The van der Waals surface area contributed by atoms with E-state index in [0.717, 1.165) is 14.0 Å². The number of carbonyl (C=O) groups is 2. The average molecular weight is 178 g/mol. The van der Waals surface area contributed by atoms with Crippen molar-refractivity contribution in [2.24, 2.45) is 0 Å². The number of rotatable bonds is 2. The molecule has 3 N–H and O–H groups in total. The largest absolute Gasteiger partial charge is 0.481 e. The monoisotopic (exact) mass is 178 g/mol. The van der Waals surface area contributed by atoms with E-state index in [9.17, 15) is 4.79 Å². The Labute approximate surface area is 71.0 Å². The third kappa shape index (κ3) is 188. The highest BCUT2D eigenvalue weighted by atomic mass is 16.4. The molecule has 0 aliphatic carbocycles. The van der Waals surface area contributed by atoms with Crippen molar-refractivity contribution in [2.75, 3.05) is 7.11 Å². The SMILES string of the molecule is C=CCC(=O)O.CC(=O)O.CO. The second kappa shape index (κ2) is 16.3. The second-order valence-corrected chi connectivity index (χ2v) is 1.41. The van der Waals surface area contributed by atoms with Crippen molar-refractivity contribution in [3.05, 3.63) is 12.7 Å². The second-order valence-electron chi connectivity index (χ2n) is 1.41. The number of aliphatic hydroxyl groups is 1. The summed E-state index contributed by atoms with van der Waals surface area (Å²) in [6.45, 7) is 4.30. The molecule has 0 aromatic rings. The van der Waals surface area contributed by atoms with Crippen LogP contribution in [0, 0.1) is 0 Å². The minimum Gasteiger partial charge on any atom is -0.481 e. The molecule has 0 heterocycles. The van der Waals surface area contributed by atoms with Crippen LogP contribution in [0.2, 0.25) is 0 Å². The lowest BCUT2D eigenvalue weighted by molar-refractivity contribution is -0.136. The summed E-state index contributed by atoms with van der Waals surface area (Å²) in [7, 11) is 1.00. The molecule has 0 amide bonds. The van der Waals surface area contributed by atoms with Crippen LogP contribution in [0.1, 0.15) is 13.3 Å². The van der Waals surface area contributed by atoms with Gasteiger partial charge in [0.15, 0.2) is 0 Å². The summed E-state index contributed by atoms with van der Waals surface area (Å²) in [6.07, 6.45) is 1.41. The highest BCUT2D eigenvalue weighted by Crippen LogP contribution is 1.74. The number of aliphatic hydroxyl groups excluding tert-OH is 1. The Hall–Kier alpha value is -1.36. The van der Waals surface area contributed by atoms with Crippen LogP contribution in [-0.4, -0.2) is 34.4 Å². The topological polar surface area (TPSA) is 94.8 Å². The van der Waals surface area contributed by atoms with Crippen molar-refractivity contribution in [3.8, 4) is 0 Å². The van der Waals surface area contributed by atoms with Crippen molar-refractivity contribution in [1.29, 1.82) is 0 Å². The highest BCUT2D eigenvalue weighted by molar-refractivity contribution is 5.68. The zero-order valence-electron chi connectivity index (χ0n) is 7.15. The van der Waals surface area contributed by atoms with Gasteiger partial charge in [-0.2, -0.15) is 0 Å². The van der Waals surface area contributed by atoms with Gasteiger partial charge in [-0.1, -0.05) is 6.08 Å². The van der Waals surface area contributed by atoms with Crippen LogP contribution in [0.25, 0.3) is 0 Å². The average Bonchev–Trinajstić information content (AvgIpc) is 1.90. The van der Waals surface area contributed by atoms with Gasteiger partial charge >= 0.3 is 5.97 Å². The van der Waals surface area contributed by atoms with Crippen LogP contribution in [0.15, 0.2) is 12.7 Å². The molecule has 12 heavy (non-hydrogen) atoms. The molecule has 5 heteroatoms. The van der Waals surface area contributed by atoms with Gasteiger partial charge in [-0.25, -0.2) is 0 Å². The molecule has 0 unspecified atom stereocenters. The maximum absolute atomic E-state index is 9.53. The Morgan fingerprint density at radius 1 is 1.33 bits per heavy atom. The number of carboxylic acid groups (broad SMARTS) is 2. The standard InChI is InChI=1S/C4H6O2.C2H4O2.CH4O/c1-2-3-4(5)6;1-2(3)4;1-2/h2H,1,3H2,(H,5,6);1H3,(H,3,4);2H,1H3. The lowest BCUT2D eigenvalue weighted by atomic mass is 10.4. The van der Waals surface area contributed by atoms with Gasteiger partial charge in [-0.3, -0.25) is 9.59 Å². The van der Waals surface area contributed by atoms with Gasteiger partial charge < -0.3 is 15.3 Å². The fraction of sp³-hybridized carbons (Fsp3) is 0.429. The van der Waals surface area contributed by atoms with Crippen LogP contribution in [0.4, 0.5) is 0 Å². The van der Waals surface area contributed by atoms with E-state index in [4.69, 9.17) is 20.1 Å². The Bertz CT molecular complexity index is 126. The van der Waals surface area contributed by atoms with Gasteiger partial charge in [0.05, 0.1) is 6.42 Å². The van der Waals surface area contributed by atoms with E-state index in [0.29, 0.717) is 0 Å². The quantitative estimate of drug-likeness (QED) is 0.530. The Kier molecular flexibility index (Phi) is 23.0. The molecule has 0 saturated heterocycles. The summed E-state index contributed by atoms with van der Waals surface area (Å²) < 4.78 is 0. The van der Waals surface area contributed by atoms with E-state index in [1.807, 2.05) is 0 Å². The van der Waals surface area contributed by atoms with Crippen LogP contribution in [0.3, 0.4) is 0 Å². The Balaban J connectivity index is -0.000000118. The van der Waals surface area contributed by atoms with Gasteiger partial charge in [0.25, 0.3) is 5.97 Å². The smallest absolute Gasteiger partial charge is 0.307 e. The summed E-state index contributed by atoms with van der Waals surface area (Å²) >= 11 is 0. The lowest BCUT2D eigenvalue weighted by Gasteiger charge is -1.75. The summed E-state index contributed by atoms with van der Waals surface area (Å²) in [4.78, 5) is 18.5. The number of hydrogen-bond donors (Lipinski definition) is 3. The van der Waals surface area contributed by atoms with Crippen molar-refractivity contribution < 1.29 is 24.9 Å².